The van der Waals surface area contributed by atoms with E-state index in [9.17, 15) is 9.90 Å². The van der Waals surface area contributed by atoms with Crippen LogP contribution in [0.1, 0.15) is 25.0 Å². The standard InChI is InChI=1S/C15H22BrNO2S/c1-10-7-13(11(2)6-12(10)16)20-8-14(19)17(5)15(3,4)9-18/h6-7,18H,8-9H2,1-5H3. The van der Waals surface area contributed by atoms with E-state index in [2.05, 4.69) is 28.1 Å². The third kappa shape index (κ3) is 4.24. The molecule has 0 heterocycles. The van der Waals surface area contributed by atoms with Crippen molar-refractivity contribution in [2.75, 3.05) is 19.4 Å². The topological polar surface area (TPSA) is 40.5 Å². The third-order valence-corrected chi connectivity index (χ3v) is 5.47. The molecule has 0 aliphatic heterocycles. The number of hydrogen-bond donors (Lipinski definition) is 1. The van der Waals surface area contributed by atoms with E-state index in [1.54, 1.807) is 11.9 Å². The molecule has 0 saturated heterocycles. The zero-order chi connectivity index (χ0) is 15.5. The van der Waals surface area contributed by atoms with Crippen LogP contribution in [-0.4, -0.2) is 40.9 Å². The zero-order valence-corrected chi connectivity index (χ0v) is 15.1. The van der Waals surface area contributed by atoms with Gasteiger partial charge in [-0.05, 0) is 51.0 Å². The first kappa shape index (κ1) is 17.5. The monoisotopic (exact) mass is 359 g/mol. The largest absolute Gasteiger partial charge is 0.394 e. The van der Waals surface area contributed by atoms with Gasteiger partial charge >= 0.3 is 0 Å². The molecule has 0 bridgehead atoms. The minimum absolute atomic E-state index is 0.0222. The van der Waals surface area contributed by atoms with Gasteiger partial charge in [0.05, 0.1) is 17.9 Å². The molecule has 1 aromatic carbocycles. The molecule has 1 N–H and O–H groups in total. The molecule has 0 radical (unpaired) electrons. The van der Waals surface area contributed by atoms with E-state index in [4.69, 9.17) is 0 Å². The Morgan fingerprint density at radius 1 is 1.35 bits per heavy atom. The van der Waals surface area contributed by atoms with Crippen molar-refractivity contribution in [1.29, 1.82) is 0 Å². The molecule has 1 amide bonds. The van der Waals surface area contributed by atoms with E-state index in [-0.39, 0.29) is 12.5 Å². The molecular weight excluding hydrogens is 338 g/mol. The van der Waals surface area contributed by atoms with Gasteiger partial charge in [0.1, 0.15) is 0 Å². The number of thioether (sulfide) groups is 1. The maximum Gasteiger partial charge on any atom is 0.233 e. The van der Waals surface area contributed by atoms with Crippen LogP contribution in [0.4, 0.5) is 0 Å². The highest BCUT2D eigenvalue weighted by Crippen LogP contribution is 2.28. The van der Waals surface area contributed by atoms with Gasteiger partial charge in [0.15, 0.2) is 0 Å². The van der Waals surface area contributed by atoms with E-state index in [0.29, 0.717) is 5.75 Å². The molecule has 0 unspecified atom stereocenters. The van der Waals surface area contributed by atoms with E-state index in [1.807, 2.05) is 27.7 Å². The predicted molar refractivity (Wildman–Crippen MR) is 88.3 cm³/mol. The highest BCUT2D eigenvalue weighted by Gasteiger charge is 2.26. The number of carbonyl (C=O) groups is 1. The van der Waals surface area contributed by atoms with Gasteiger partial charge in [0.25, 0.3) is 0 Å². The number of nitrogens with zero attached hydrogens (tertiary/aromatic N) is 1. The lowest BCUT2D eigenvalue weighted by Gasteiger charge is -2.33. The van der Waals surface area contributed by atoms with Crippen LogP contribution in [0.2, 0.25) is 0 Å². The zero-order valence-electron chi connectivity index (χ0n) is 12.7. The summed E-state index contributed by atoms with van der Waals surface area (Å²) in [5.41, 5.74) is 1.79. The van der Waals surface area contributed by atoms with Crippen LogP contribution in [0.3, 0.4) is 0 Å². The second kappa shape index (κ2) is 6.96. The van der Waals surface area contributed by atoms with Crippen molar-refractivity contribution in [2.24, 2.45) is 0 Å². The molecule has 0 fully saturated rings. The summed E-state index contributed by atoms with van der Waals surface area (Å²) in [4.78, 5) is 14.9. The average Bonchev–Trinajstić information content (AvgIpc) is 2.40. The molecule has 3 nitrogen and oxygen atoms in total. The molecular formula is C15H22BrNO2S. The Balaban J connectivity index is 2.73. The van der Waals surface area contributed by atoms with Crippen LogP contribution >= 0.6 is 27.7 Å². The van der Waals surface area contributed by atoms with Crippen molar-refractivity contribution in [1.82, 2.24) is 4.90 Å². The maximum absolute atomic E-state index is 12.2. The molecule has 0 saturated carbocycles. The summed E-state index contributed by atoms with van der Waals surface area (Å²) < 4.78 is 1.09. The molecule has 0 aliphatic rings. The van der Waals surface area contributed by atoms with Crippen molar-refractivity contribution in [3.63, 3.8) is 0 Å². The van der Waals surface area contributed by atoms with E-state index < -0.39 is 5.54 Å². The van der Waals surface area contributed by atoms with Crippen molar-refractivity contribution in [2.45, 2.75) is 38.1 Å². The van der Waals surface area contributed by atoms with E-state index in [1.165, 1.54) is 11.8 Å². The van der Waals surface area contributed by atoms with Crippen molar-refractivity contribution < 1.29 is 9.90 Å². The lowest BCUT2D eigenvalue weighted by molar-refractivity contribution is -0.133. The van der Waals surface area contributed by atoms with Gasteiger partial charge in [-0.3, -0.25) is 4.79 Å². The van der Waals surface area contributed by atoms with Crippen LogP contribution in [0.25, 0.3) is 0 Å². The van der Waals surface area contributed by atoms with Crippen LogP contribution < -0.4 is 0 Å². The average molecular weight is 360 g/mol. The highest BCUT2D eigenvalue weighted by molar-refractivity contribution is 9.10. The summed E-state index contributed by atoms with van der Waals surface area (Å²) in [5.74, 6) is 0.399. The number of amides is 1. The number of rotatable bonds is 5. The number of aryl methyl sites for hydroxylation is 2. The fourth-order valence-corrected chi connectivity index (χ4v) is 3.07. The second-order valence-corrected chi connectivity index (χ2v) is 7.45. The summed E-state index contributed by atoms with van der Waals surface area (Å²) >= 11 is 5.05. The van der Waals surface area contributed by atoms with Crippen molar-refractivity contribution in [3.8, 4) is 0 Å². The van der Waals surface area contributed by atoms with Crippen LogP contribution in [-0.2, 0) is 4.79 Å². The number of benzene rings is 1. The SMILES string of the molecule is Cc1cc(SCC(=O)N(C)C(C)(C)CO)c(C)cc1Br. The van der Waals surface area contributed by atoms with Crippen molar-refractivity contribution in [3.05, 3.63) is 27.7 Å². The Labute approximate surface area is 133 Å². The summed E-state index contributed by atoms with van der Waals surface area (Å²) in [5, 5.41) is 9.30. The van der Waals surface area contributed by atoms with Gasteiger partial charge in [0.2, 0.25) is 5.91 Å². The fraction of sp³-hybridized carbons (Fsp3) is 0.533. The Kier molecular flexibility index (Phi) is 6.10. The number of halogens is 1. The maximum atomic E-state index is 12.2. The molecule has 5 heteroatoms. The summed E-state index contributed by atoms with van der Waals surface area (Å²) in [7, 11) is 1.73. The first-order valence-corrected chi connectivity index (χ1v) is 8.24. The first-order valence-electron chi connectivity index (χ1n) is 6.46. The molecule has 0 aromatic heterocycles. The number of aliphatic hydroxyl groups is 1. The van der Waals surface area contributed by atoms with Gasteiger partial charge < -0.3 is 10.0 Å². The Morgan fingerprint density at radius 2 is 1.95 bits per heavy atom. The number of hydrogen-bond acceptors (Lipinski definition) is 3. The third-order valence-electron chi connectivity index (χ3n) is 3.48. The lowest BCUT2D eigenvalue weighted by Crippen LogP contribution is -2.48. The highest BCUT2D eigenvalue weighted by atomic mass is 79.9. The fourth-order valence-electron chi connectivity index (χ4n) is 1.59. The van der Waals surface area contributed by atoms with Gasteiger partial charge in [-0.25, -0.2) is 0 Å². The molecule has 0 aliphatic carbocycles. The molecule has 0 atom stereocenters. The lowest BCUT2D eigenvalue weighted by atomic mass is 10.1. The first-order chi connectivity index (χ1) is 9.19. The van der Waals surface area contributed by atoms with Gasteiger partial charge in [-0.1, -0.05) is 15.9 Å². The molecule has 1 aromatic rings. The number of carbonyl (C=O) groups excluding carboxylic acids is 1. The van der Waals surface area contributed by atoms with Gasteiger partial charge in [0, 0.05) is 16.4 Å². The minimum atomic E-state index is -0.525. The molecule has 20 heavy (non-hydrogen) atoms. The Bertz CT molecular complexity index is 503. The molecule has 1 rings (SSSR count). The Hall–Kier alpha value is -0.520. The molecule has 0 spiro atoms. The smallest absolute Gasteiger partial charge is 0.233 e. The minimum Gasteiger partial charge on any atom is -0.394 e. The van der Waals surface area contributed by atoms with E-state index in [0.717, 1.165) is 20.5 Å². The summed E-state index contributed by atoms with van der Waals surface area (Å²) in [6.07, 6.45) is 0. The second-order valence-electron chi connectivity index (χ2n) is 5.58. The van der Waals surface area contributed by atoms with Crippen LogP contribution in [0, 0.1) is 13.8 Å². The number of likely N-dealkylation sites (N-methyl/N-ethyl adjacent to an activating group) is 1. The van der Waals surface area contributed by atoms with Gasteiger partial charge in [-0.15, -0.1) is 11.8 Å². The Morgan fingerprint density at radius 3 is 2.50 bits per heavy atom. The quantitative estimate of drug-likeness (QED) is 0.819. The van der Waals surface area contributed by atoms with Crippen LogP contribution in [0.5, 0.6) is 0 Å². The predicted octanol–water partition coefficient (Wildman–Crippen LogP) is 3.39. The van der Waals surface area contributed by atoms with Gasteiger partial charge in [-0.2, -0.15) is 0 Å². The normalized spacial score (nSPS) is 11.6. The van der Waals surface area contributed by atoms with E-state index >= 15 is 0 Å². The summed E-state index contributed by atoms with van der Waals surface area (Å²) in [6.45, 7) is 7.74. The van der Waals surface area contributed by atoms with Crippen LogP contribution in [0.15, 0.2) is 21.5 Å². The molecule has 112 valence electrons. The number of aliphatic hydroxyl groups excluding tert-OH is 1. The summed E-state index contributed by atoms with van der Waals surface area (Å²) in [6, 6.07) is 4.16. The van der Waals surface area contributed by atoms with Crippen molar-refractivity contribution >= 4 is 33.6 Å².